The fourth-order valence-corrected chi connectivity index (χ4v) is 6.75. The maximum absolute atomic E-state index is 6.24. The standard InChI is InChI=1S/C27H33NO/c1-2-6-21(7-3-1)19-29-23-12-11-22-16-26-24-8-4-5-13-27(24,25(22)17-23)14-15-28(26)18-20-9-10-20/h1-3,6-7,11-12,17,20,24,26H,4-5,8-10,13-16,18-19H2. The third-order valence-electron chi connectivity index (χ3n) is 8.36. The Bertz CT molecular complexity index is 873. The van der Waals surface area contributed by atoms with Crippen LogP contribution in [0.4, 0.5) is 0 Å². The van der Waals surface area contributed by atoms with E-state index in [2.05, 4.69) is 53.4 Å². The zero-order valence-electron chi connectivity index (χ0n) is 17.5. The van der Waals surface area contributed by atoms with E-state index in [-0.39, 0.29) is 0 Å². The van der Waals surface area contributed by atoms with Crippen LogP contribution >= 0.6 is 0 Å². The molecule has 152 valence electrons. The van der Waals surface area contributed by atoms with Crippen molar-refractivity contribution in [2.45, 2.75) is 69.4 Å². The molecule has 2 heteroatoms. The molecule has 3 unspecified atom stereocenters. The van der Waals surface area contributed by atoms with Crippen LogP contribution in [0.2, 0.25) is 0 Å². The normalized spacial score (nSPS) is 31.0. The molecule has 4 aliphatic rings. The molecule has 0 amide bonds. The van der Waals surface area contributed by atoms with Gasteiger partial charge in [-0.1, -0.05) is 49.2 Å². The van der Waals surface area contributed by atoms with Gasteiger partial charge in [-0.05, 0) is 85.7 Å². The van der Waals surface area contributed by atoms with Crippen LogP contribution in [-0.2, 0) is 18.4 Å². The number of piperidine rings is 1. The molecular formula is C27H33NO. The van der Waals surface area contributed by atoms with Crippen molar-refractivity contribution in [3.05, 3.63) is 65.2 Å². The first-order valence-electron chi connectivity index (χ1n) is 11.9. The molecule has 2 nitrogen and oxygen atoms in total. The second-order valence-corrected chi connectivity index (χ2v) is 10.1. The van der Waals surface area contributed by atoms with Crippen LogP contribution in [0, 0.1) is 11.8 Å². The Hall–Kier alpha value is -1.80. The quantitative estimate of drug-likeness (QED) is 0.649. The van der Waals surface area contributed by atoms with E-state index in [0.717, 1.165) is 23.6 Å². The lowest BCUT2D eigenvalue weighted by molar-refractivity contribution is -0.0135. The van der Waals surface area contributed by atoms with Gasteiger partial charge in [-0.2, -0.15) is 0 Å². The van der Waals surface area contributed by atoms with Crippen molar-refractivity contribution in [3.63, 3.8) is 0 Å². The van der Waals surface area contributed by atoms with E-state index >= 15 is 0 Å². The number of benzene rings is 2. The number of fused-ring (bicyclic) bond motifs is 1. The van der Waals surface area contributed by atoms with E-state index < -0.39 is 0 Å². The summed E-state index contributed by atoms with van der Waals surface area (Å²) < 4.78 is 6.24. The molecule has 2 aromatic rings. The molecule has 0 aromatic heterocycles. The number of rotatable bonds is 5. The third-order valence-corrected chi connectivity index (χ3v) is 8.36. The molecule has 1 heterocycles. The molecule has 29 heavy (non-hydrogen) atoms. The molecule has 0 N–H and O–H groups in total. The Morgan fingerprint density at radius 2 is 1.86 bits per heavy atom. The Labute approximate surface area is 175 Å². The molecule has 1 aliphatic heterocycles. The van der Waals surface area contributed by atoms with Crippen LogP contribution in [0.15, 0.2) is 48.5 Å². The van der Waals surface area contributed by atoms with Gasteiger partial charge in [0.1, 0.15) is 12.4 Å². The summed E-state index contributed by atoms with van der Waals surface area (Å²) in [5, 5.41) is 0. The van der Waals surface area contributed by atoms with Gasteiger partial charge in [0.25, 0.3) is 0 Å². The van der Waals surface area contributed by atoms with Crippen molar-refractivity contribution in [3.8, 4) is 5.75 Å². The summed E-state index contributed by atoms with van der Waals surface area (Å²) in [7, 11) is 0. The minimum atomic E-state index is 0.419. The minimum absolute atomic E-state index is 0.419. The second kappa shape index (κ2) is 7.16. The number of hydrogen-bond donors (Lipinski definition) is 0. The largest absolute Gasteiger partial charge is 0.489 e. The number of likely N-dealkylation sites (tertiary alicyclic amines) is 1. The fraction of sp³-hybridized carbons (Fsp3) is 0.556. The van der Waals surface area contributed by atoms with Crippen LogP contribution in [0.25, 0.3) is 0 Å². The summed E-state index contributed by atoms with van der Waals surface area (Å²) in [6, 6.07) is 18.4. The Morgan fingerprint density at radius 1 is 0.966 bits per heavy atom. The second-order valence-electron chi connectivity index (χ2n) is 10.1. The predicted octanol–water partition coefficient (Wildman–Crippen LogP) is 5.73. The lowest BCUT2D eigenvalue weighted by Crippen LogP contribution is -2.61. The molecule has 2 saturated carbocycles. The number of hydrogen-bond acceptors (Lipinski definition) is 2. The summed E-state index contributed by atoms with van der Waals surface area (Å²) in [4.78, 5) is 2.90. The highest BCUT2D eigenvalue weighted by Gasteiger charge is 2.54. The van der Waals surface area contributed by atoms with Crippen LogP contribution in [0.5, 0.6) is 5.75 Å². The van der Waals surface area contributed by atoms with Gasteiger partial charge >= 0.3 is 0 Å². The summed E-state index contributed by atoms with van der Waals surface area (Å²) in [6.07, 6.45) is 11.2. The molecule has 3 atom stereocenters. The maximum atomic E-state index is 6.24. The molecule has 0 radical (unpaired) electrons. The van der Waals surface area contributed by atoms with E-state index in [9.17, 15) is 0 Å². The average molecular weight is 388 g/mol. The van der Waals surface area contributed by atoms with Gasteiger partial charge in [-0.25, -0.2) is 0 Å². The zero-order valence-corrected chi connectivity index (χ0v) is 17.5. The molecule has 6 rings (SSSR count). The van der Waals surface area contributed by atoms with Crippen molar-refractivity contribution in [2.24, 2.45) is 11.8 Å². The lowest BCUT2D eigenvalue weighted by atomic mass is 9.52. The van der Waals surface area contributed by atoms with Crippen LogP contribution < -0.4 is 4.74 Å². The molecular weight excluding hydrogens is 354 g/mol. The van der Waals surface area contributed by atoms with Crippen LogP contribution in [0.1, 0.15) is 61.6 Å². The minimum Gasteiger partial charge on any atom is -0.489 e. The fourth-order valence-electron chi connectivity index (χ4n) is 6.75. The van der Waals surface area contributed by atoms with Crippen LogP contribution in [0.3, 0.4) is 0 Å². The molecule has 1 saturated heterocycles. The van der Waals surface area contributed by atoms with Gasteiger partial charge < -0.3 is 4.74 Å². The third kappa shape index (κ3) is 3.20. The summed E-state index contributed by atoms with van der Waals surface area (Å²) in [6.45, 7) is 3.34. The first-order chi connectivity index (χ1) is 14.3. The van der Waals surface area contributed by atoms with Crippen LogP contribution in [-0.4, -0.2) is 24.0 Å². The highest BCUT2D eigenvalue weighted by atomic mass is 16.5. The Morgan fingerprint density at radius 3 is 2.72 bits per heavy atom. The van der Waals surface area contributed by atoms with Crippen molar-refractivity contribution in [1.82, 2.24) is 4.90 Å². The van der Waals surface area contributed by atoms with E-state index in [1.165, 1.54) is 70.0 Å². The van der Waals surface area contributed by atoms with Crippen molar-refractivity contribution in [2.75, 3.05) is 13.1 Å². The first-order valence-corrected chi connectivity index (χ1v) is 11.9. The molecule has 3 fully saturated rings. The Kier molecular flexibility index (Phi) is 4.45. The molecule has 2 aromatic carbocycles. The maximum Gasteiger partial charge on any atom is 0.120 e. The Balaban J connectivity index is 1.30. The summed E-state index contributed by atoms with van der Waals surface area (Å²) in [5.74, 6) is 2.92. The van der Waals surface area contributed by atoms with E-state index in [0.29, 0.717) is 12.0 Å². The van der Waals surface area contributed by atoms with Gasteiger partial charge in [-0.15, -0.1) is 0 Å². The van der Waals surface area contributed by atoms with Gasteiger partial charge in [0.2, 0.25) is 0 Å². The van der Waals surface area contributed by atoms with Crippen molar-refractivity contribution < 1.29 is 4.74 Å². The SMILES string of the molecule is c1ccc(COc2ccc3c(c2)C24CCCCC2C(C3)N(CC2CC2)CC4)cc1. The monoisotopic (exact) mass is 387 g/mol. The topological polar surface area (TPSA) is 12.5 Å². The van der Waals surface area contributed by atoms with E-state index in [1.807, 2.05) is 0 Å². The van der Waals surface area contributed by atoms with E-state index in [1.54, 1.807) is 11.1 Å². The average Bonchev–Trinajstić information content (AvgIpc) is 3.59. The van der Waals surface area contributed by atoms with E-state index in [4.69, 9.17) is 4.74 Å². The lowest BCUT2D eigenvalue weighted by Gasteiger charge is -2.59. The summed E-state index contributed by atoms with van der Waals surface area (Å²) in [5.41, 5.74) is 4.92. The number of nitrogens with zero attached hydrogens (tertiary/aromatic N) is 1. The van der Waals surface area contributed by atoms with Crippen molar-refractivity contribution in [1.29, 1.82) is 0 Å². The van der Waals surface area contributed by atoms with Gasteiger partial charge in [0.15, 0.2) is 0 Å². The smallest absolute Gasteiger partial charge is 0.120 e. The highest BCUT2D eigenvalue weighted by molar-refractivity contribution is 5.45. The van der Waals surface area contributed by atoms with Gasteiger partial charge in [0.05, 0.1) is 0 Å². The van der Waals surface area contributed by atoms with Crippen molar-refractivity contribution >= 4 is 0 Å². The number of ether oxygens (including phenoxy) is 1. The predicted molar refractivity (Wildman–Crippen MR) is 117 cm³/mol. The highest BCUT2D eigenvalue weighted by Crippen LogP contribution is 2.56. The molecule has 2 bridgehead atoms. The first kappa shape index (κ1) is 18.0. The van der Waals surface area contributed by atoms with Gasteiger partial charge in [-0.3, -0.25) is 4.90 Å². The molecule has 3 aliphatic carbocycles. The zero-order chi connectivity index (χ0) is 19.3. The molecule has 0 spiro atoms. The summed E-state index contributed by atoms with van der Waals surface area (Å²) >= 11 is 0. The van der Waals surface area contributed by atoms with Gasteiger partial charge in [0, 0.05) is 18.0 Å².